The van der Waals surface area contributed by atoms with E-state index >= 15 is 0 Å². The minimum atomic E-state index is 0.554. The molecular weight excluding hydrogens is 268 g/mol. The van der Waals surface area contributed by atoms with Crippen LogP contribution in [0.3, 0.4) is 0 Å². The standard InChI is InChI=1S/C11H18N4OS2/c1-2-8(1)12-6-10-14-15-11(16-10)13-5-9-7-17-3-4-18-9/h8-9,12H,1-7H2,(H,13,15). The quantitative estimate of drug-likeness (QED) is 0.823. The molecule has 1 unspecified atom stereocenters. The molecule has 1 saturated heterocycles. The third-order valence-electron chi connectivity index (χ3n) is 2.95. The first kappa shape index (κ1) is 12.6. The number of thioether (sulfide) groups is 2. The normalized spacial score (nSPS) is 24.1. The van der Waals surface area contributed by atoms with E-state index in [4.69, 9.17) is 4.42 Å². The molecule has 0 amide bonds. The molecule has 18 heavy (non-hydrogen) atoms. The van der Waals surface area contributed by atoms with Gasteiger partial charge in [-0.3, -0.25) is 0 Å². The average Bonchev–Trinajstić information content (AvgIpc) is 3.14. The van der Waals surface area contributed by atoms with Crippen molar-refractivity contribution in [3.63, 3.8) is 0 Å². The second kappa shape index (κ2) is 6.16. The van der Waals surface area contributed by atoms with Gasteiger partial charge in [0, 0.05) is 35.1 Å². The number of nitrogens with one attached hydrogen (secondary N) is 2. The van der Waals surface area contributed by atoms with Gasteiger partial charge in [-0.1, -0.05) is 5.10 Å². The first-order valence-corrected chi connectivity index (χ1v) is 8.59. The Hall–Kier alpha value is -0.400. The summed E-state index contributed by atoms with van der Waals surface area (Å²) in [5, 5.41) is 15.3. The van der Waals surface area contributed by atoms with Gasteiger partial charge in [-0.05, 0) is 12.8 Å². The Balaban J connectivity index is 1.41. The number of hydrogen-bond acceptors (Lipinski definition) is 7. The van der Waals surface area contributed by atoms with Gasteiger partial charge in [0.2, 0.25) is 5.89 Å². The Bertz CT molecular complexity index is 377. The number of hydrogen-bond donors (Lipinski definition) is 2. The van der Waals surface area contributed by atoms with Crippen LogP contribution in [0.1, 0.15) is 18.7 Å². The fourth-order valence-electron chi connectivity index (χ4n) is 1.77. The molecule has 0 bridgehead atoms. The van der Waals surface area contributed by atoms with Crippen LogP contribution in [0.5, 0.6) is 0 Å². The summed E-state index contributed by atoms with van der Waals surface area (Å²) in [7, 11) is 0. The summed E-state index contributed by atoms with van der Waals surface area (Å²) >= 11 is 4.05. The zero-order valence-electron chi connectivity index (χ0n) is 10.2. The summed E-state index contributed by atoms with van der Waals surface area (Å²) in [4.78, 5) is 0. The number of nitrogens with zero attached hydrogens (tertiary/aromatic N) is 2. The van der Waals surface area contributed by atoms with Crippen molar-refractivity contribution in [1.82, 2.24) is 15.5 Å². The van der Waals surface area contributed by atoms with E-state index in [0.29, 0.717) is 29.7 Å². The number of anilines is 1. The van der Waals surface area contributed by atoms with Gasteiger partial charge in [0.25, 0.3) is 0 Å². The molecule has 2 heterocycles. The number of rotatable bonds is 6. The van der Waals surface area contributed by atoms with E-state index in [-0.39, 0.29) is 0 Å². The Morgan fingerprint density at radius 1 is 1.28 bits per heavy atom. The van der Waals surface area contributed by atoms with Crippen LogP contribution in [0.2, 0.25) is 0 Å². The van der Waals surface area contributed by atoms with Crippen LogP contribution in [0.15, 0.2) is 4.42 Å². The first-order valence-electron chi connectivity index (χ1n) is 6.39. The van der Waals surface area contributed by atoms with Crippen molar-refractivity contribution in [2.75, 3.05) is 29.1 Å². The minimum Gasteiger partial charge on any atom is -0.407 e. The maximum absolute atomic E-state index is 5.54. The van der Waals surface area contributed by atoms with Crippen molar-refractivity contribution in [3.05, 3.63) is 5.89 Å². The summed E-state index contributed by atoms with van der Waals surface area (Å²) in [5.74, 6) is 4.41. The summed E-state index contributed by atoms with van der Waals surface area (Å²) in [6, 6.07) is 1.22. The van der Waals surface area contributed by atoms with E-state index in [1.165, 1.54) is 30.1 Å². The molecule has 7 heteroatoms. The predicted octanol–water partition coefficient (Wildman–Crippen LogP) is 1.58. The van der Waals surface area contributed by atoms with Gasteiger partial charge in [-0.2, -0.15) is 23.5 Å². The summed E-state index contributed by atoms with van der Waals surface area (Å²) in [5.41, 5.74) is 0. The van der Waals surface area contributed by atoms with E-state index < -0.39 is 0 Å². The van der Waals surface area contributed by atoms with Crippen LogP contribution in [-0.2, 0) is 6.54 Å². The highest BCUT2D eigenvalue weighted by atomic mass is 32.2. The molecule has 1 aromatic rings. The first-order chi connectivity index (χ1) is 8.90. The van der Waals surface area contributed by atoms with Gasteiger partial charge in [-0.25, -0.2) is 0 Å². The lowest BCUT2D eigenvalue weighted by Crippen LogP contribution is -2.23. The van der Waals surface area contributed by atoms with Crippen molar-refractivity contribution in [1.29, 1.82) is 0 Å². The monoisotopic (exact) mass is 286 g/mol. The molecular formula is C11H18N4OS2. The lowest BCUT2D eigenvalue weighted by atomic mass is 10.5. The van der Waals surface area contributed by atoms with Crippen LogP contribution in [0.25, 0.3) is 0 Å². The lowest BCUT2D eigenvalue weighted by molar-refractivity contribution is 0.476. The molecule has 3 rings (SSSR count). The highest BCUT2D eigenvalue weighted by Gasteiger charge is 2.21. The zero-order chi connectivity index (χ0) is 12.2. The highest BCUT2D eigenvalue weighted by molar-refractivity contribution is 8.06. The molecule has 100 valence electrons. The van der Waals surface area contributed by atoms with Crippen molar-refractivity contribution in [2.45, 2.75) is 30.7 Å². The van der Waals surface area contributed by atoms with E-state index in [9.17, 15) is 0 Å². The fraction of sp³-hybridized carbons (Fsp3) is 0.818. The highest BCUT2D eigenvalue weighted by Crippen LogP contribution is 2.24. The second-order valence-electron chi connectivity index (χ2n) is 4.60. The number of aromatic nitrogens is 2. The van der Waals surface area contributed by atoms with Gasteiger partial charge in [0.1, 0.15) is 0 Å². The van der Waals surface area contributed by atoms with Gasteiger partial charge in [0.05, 0.1) is 6.54 Å². The van der Waals surface area contributed by atoms with Crippen LogP contribution in [0, 0.1) is 0 Å². The topological polar surface area (TPSA) is 63.0 Å². The molecule has 1 atom stereocenters. The van der Waals surface area contributed by atoms with Crippen LogP contribution < -0.4 is 10.6 Å². The summed E-state index contributed by atoms with van der Waals surface area (Å²) < 4.78 is 5.54. The fourth-order valence-corrected chi connectivity index (χ4v) is 4.38. The van der Waals surface area contributed by atoms with E-state index in [0.717, 1.165) is 6.54 Å². The maximum atomic E-state index is 5.54. The van der Waals surface area contributed by atoms with Crippen LogP contribution >= 0.6 is 23.5 Å². The predicted molar refractivity (Wildman–Crippen MR) is 76.2 cm³/mol. The third kappa shape index (κ3) is 3.80. The minimum absolute atomic E-state index is 0.554. The van der Waals surface area contributed by atoms with Gasteiger partial charge in [-0.15, -0.1) is 5.10 Å². The van der Waals surface area contributed by atoms with E-state index in [1.54, 1.807) is 0 Å². The van der Waals surface area contributed by atoms with Crippen LogP contribution in [0.4, 0.5) is 6.01 Å². The Kier molecular flexibility index (Phi) is 4.32. The van der Waals surface area contributed by atoms with Crippen LogP contribution in [-0.4, -0.2) is 45.3 Å². The molecule has 1 aromatic heterocycles. The second-order valence-corrected chi connectivity index (χ2v) is 7.16. The van der Waals surface area contributed by atoms with Crippen molar-refractivity contribution < 1.29 is 4.42 Å². The lowest BCUT2D eigenvalue weighted by Gasteiger charge is -2.20. The third-order valence-corrected chi connectivity index (χ3v) is 5.80. The molecule has 2 N–H and O–H groups in total. The molecule has 0 radical (unpaired) electrons. The van der Waals surface area contributed by atoms with Gasteiger partial charge < -0.3 is 15.1 Å². The van der Waals surface area contributed by atoms with Gasteiger partial charge in [0.15, 0.2) is 0 Å². The van der Waals surface area contributed by atoms with Crippen molar-refractivity contribution >= 4 is 29.5 Å². The maximum Gasteiger partial charge on any atom is 0.315 e. The molecule has 5 nitrogen and oxygen atoms in total. The molecule has 1 aliphatic carbocycles. The zero-order valence-corrected chi connectivity index (χ0v) is 11.9. The molecule has 1 aliphatic heterocycles. The van der Waals surface area contributed by atoms with Gasteiger partial charge >= 0.3 is 6.01 Å². The molecule has 0 spiro atoms. The molecule has 0 aromatic carbocycles. The van der Waals surface area contributed by atoms with Crippen molar-refractivity contribution in [3.8, 4) is 0 Å². The average molecular weight is 286 g/mol. The molecule has 1 saturated carbocycles. The van der Waals surface area contributed by atoms with E-state index in [1.807, 2.05) is 23.5 Å². The van der Waals surface area contributed by atoms with Crippen molar-refractivity contribution in [2.24, 2.45) is 0 Å². The summed E-state index contributed by atoms with van der Waals surface area (Å²) in [6.07, 6.45) is 2.55. The Labute approximate surface area is 115 Å². The Morgan fingerprint density at radius 2 is 2.22 bits per heavy atom. The summed E-state index contributed by atoms with van der Waals surface area (Å²) in [6.45, 7) is 1.60. The Morgan fingerprint density at radius 3 is 3.00 bits per heavy atom. The molecule has 2 aliphatic rings. The smallest absolute Gasteiger partial charge is 0.315 e. The molecule has 2 fully saturated rings. The van der Waals surface area contributed by atoms with E-state index in [2.05, 4.69) is 20.8 Å². The largest absolute Gasteiger partial charge is 0.407 e. The SMILES string of the molecule is C1CSC(CNc2nnc(CNC3CC3)o2)CS1.